The van der Waals surface area contributed by atoms with Crippen molar-refractivity contribution in [1.82, 2.24) is 0 Å². The predicted molar refractivity (Wildman–Crippen MR) is 90.0 cm³/mol. The van der Waals surface area contributed by atoms with Gasteiger partial charge in [-0.1, -0.05) is 19.4 Å². The van der Waals surface area contributed by atoms with E-state index >= 15 is 0 Å². The van der Waals surface area contributed by atoms with E-state index in [1.54, 1.807) is 13.0 Å². The lowest BCUT2D eigenvalue weighted by molar-refractivity contribution is 0.0527. The van der Waals surface area contributed by atoms with Crippen LogP contribution in [0, 0.1) is 0 Å². The molecular weight excluding hydrogens is 284 g/mol. The summed E-state index contributed by atoms with van der Waals surface area (Å²) in [7, 11) is 0. The first-order valence-corrected chi connectivity index (χ1v) is 8.66. The fourth-order valence-electron chi connectivity index (χ4n) is 2.78. The van der Waals surface area contributed by atoms with E-state index in [1.807, 2.05) is 23.9 Å². The SMILES string of the molecule is CCOC(=O)c1cccc(NC2CCCC2SCC)c1N. The number of nitrogens with one attached hydrogen (secondary N) is 1. The summed E-state index contributed by atoms with van der Waals surface area (Å²) in [5.74, 6) is 0.769. The lowest BCUT2D eigenvalue weighted by atomic mass is 10.1. The van der Waals surface area contributed by atoms with Gasteiger partial charge in [0, 0.05) is 11.3 Å². The Morgan fingerprint density at radius 1 is 1.43 bits per heavy atom. The second kappa shape index (κ2) is 7.59. The smallest absolute Gasteiger partial charge is 0.340 e. The summed E-state index contributed by atoms with van der Waals surface area (Å²) in [6, 6.07) is 5.92. The van der Waals surface area contributed by atoms with Gasteiger partial charge in [0.1, 0.15) is 0 Å². The second-order valence-electron chi connectivity index (χ2n) is 5.16. The number of carbonyl (C=O) groups excluding carboxylic acids is 1. The molecule has 4 nitrogen and oxygen atoms in total. The molecule has 0 aromatic heterocycles. The van der Waals surface area contributed by atoms with Crippen molar-refractivity contribution >= 4 is 29.1 Å². The molecule has 1 aromatic carbocycles. The summed E-state index contributed by atoms with van der Waals surface area (Å²) in [5.41, 5.74) is 7.92. The zero-order chi connectivity index (χ0) is 15.2. The van der Waals surface area contributed by atoms with Gasteiger partial charge in [0.25, 0.3) is 0 Å². The summed E-state index contributed by atoms with van der Waals surface area (Å²) < 4.78 is 5.04. The standard InChI is InChI=1S/C16H24N2O2S/c1-3-20-16(19)11-7-5-9-13(15(11)17)18-12-8-6-10-14(12)21-4-2/h5,7,9,12,14,18H,3-4,6,8,10,17H2,1-2H3. The molecule has 0 heterocycles. The summed E-state index contributed by atoms with van der Waals surface area (Å²) in [5, 5.41) is 4.15. The molecule has 2 atom stereocenters. The molecule has 1 aromatic rings. The Morgan fingerprint density at radius 2 is 2.24 bits per heavy atom. The normalized spacial score (nSPS) is 21.2. The quantitative estimate of drug-likeness (QED) is 0.622. The molecule has 2 unspecified atom stereocenters. The highest BCUT2D eigenvalue weighted by atomic mass is 32.2. The van der Waals surface area contributed by atoms with Crippen molar-refractivity contribution in [3.63, 3.8) is 0 Å². The number of hydrogen-bond acceptors (Lipinski definition) is 5. The lowest BCUT2D eigenvalue weighted by Gasteiger charge is -2.22. The van der Waals surface area contributed by atoms with Crippen LogP contribution in [-0.4, -0.2) is 29.6 Å². The van der Waals surface area contributed by atoms with E-state index in [0.29, 0.717) is 29.1 Å². The highest BCUT2D eigenvalue weighted by molar-refractivity contribution is 7.99. The van der Waals surface area contributed by atoms with Crippen LogP contribution in [0.4, 0.5) is 11.4 Å². The average molecular weight is 308 g/mol. The molecule has 0 aliphatic heterocycles. The molecule has 1 saturated carbocycles. The van der Waals surface area contributed by atoms with E-state index in [-0.39, 0.29) is 5.97 Å². The van der Waals surface area contributed by atoms with Crippen molar-refractivity contribution in [3.8, 4) is 0 Å². The van der Waals surface area contributed by atoms with E-state index in [9.17, 15) is 4.79 Å². The number of para-hydroxylation sites is 1. The van der Waals surface area contributed by atoms with Crippen molar-refractivity contribution in [2.24, 2.45) is 0 Å². The number of benzene rings is 1. The third kappa shape index (κ3) is 3.84. The van der Waals surface area contributed by atoms with Gasteiger partial charge < -0.3 is 15.8 Å². The Balaban J connectivity index is 2.13. The zero-order valence-electron chi connectivity index (χ0n) is 12.7. The maximum Gasteiger partial charge on any atom is 0.340 e. The van der Waals surface area contributed by atoms with Crippen LogP contribution in [0.15, 0.2) is 18.2 Å². The van der Waals surface area contributed by atoms with Gasteiger partial charge in [-0.25, -0.2) is 4.79 Å². The topological polar surface area (TPSA) is 64.3 Å². The Kier molecular flexibility index (Phi) is 5.79. The van der Waals surface area contributed by atoms with Gasteiger partial charge in [-0.3, -0.25) is 0 Å². The maximum atomic E-state index is 11.9. The summed E-state index contributed by atoms with van der Waals surface area (Å²) in [6.45, 7) is 4.34. The fraction of sp³-hybridized carbons (Fsp3) is 0.562. The Bertz CT molecular complexity index is 493. The van der Waals surface area contributed by atoms with Gasteiger partial charge in [0.15, 0.2) is 0 Å². The molecule has 1 fully saturated rings. The fourth-order valence-corrected chi connectivity index (χ4v) is 3.98. The minimum Gasteiger partial charge on any atom is -0.462 e. The first-order valence-electron chi connectivity index (χ1n) is 7.61. The van der Waals surface area contributed by atoms with E-state index in [1.165, 1.54) is 12.8 Å². The van der Waals surface area contributed by atoms with Gasteiger partial charge >= 0.3 is 5.97 Å². The van der Waals surface area contributed by atoms with Crippen LogP contribution in [-0.2, 0) is 4.74 Å². The van der Waals surface area contributed by atoms with Gasteiger partial charge in [0.2, 0.25) is 0 Å². The molecule has 116 valence electrons. The number of esters is 1. The molecule has 3 N–H and O–H groups in total. The minimum atomic E-state index is -0.357. The van der Waals surface area contributed by atoms with Crippen LogP contribution in [0.3, 0.4) is 0 Å². The van der Waals surface area contributed by atoms with Crippen LogP contribution in [0.2, 0.25) is 0 Å². The minimum absolute atomic E-state index is 0.355. The molecule has 0 amide bonds. The number of thioether (sulfide) groups is 1. The summed E-state index contributed by atoms with van der Waals surface area (Å²) >= 11 is 2.00. The average Bonchev–Trinajstić information content (AvgIpc) is 2.89. The van der Waals surface area contributed by atoms with Crippen LogP contribution < -0.4 is 11.1 Å². The number of nitrogen functional groups attached to an aromatic ring is 1. The monoisotopic (exact) mass is 308 g/mol. The van der Waals surface area contributed by atoms with Gasteiger partial charge in [-0.05, 0) is 37.7 Å². The van der Waals surface area contributed by atoms with Crippen molar-refractivity contribution in [1.29, 1.82) is 0 Å². The van der Waals surface area contributed by atoms with Crippen LogP contribution in [0.5, 0.6) is 0 Å². The molecule has 5 heteroatoms. The molecule has 0 radical (unpaired) electrons. The van der Waals surface area contributed by atoms with E-state index in [2.05, 4.69) is 12.2 Å². The van der Waals surface area contributed by atoms with Gasteiger partial charge in [0.05, 0.1) is 23.5 Å². The third-order valence-electron chi connectivity index (χ3n) is 3.78. The highest BCUT2D eigenvalue weighted by Gasteiger charge is 2.27. The summed E-state index contributed by atoms with van der Waals surface area (Å²) in [4.78, 5) is 11.9. The Morgan fingerprint density at radius 3 is 2.95 bits per heavy atom. The first kappa shape index (κ1) is 16.0. The van der Waals surface area contributed by atoms with Gasteiger partial charge in [-0.2, -0.15) is 11.8 Å². The molecule has 1 aliphatic rings. The maximum absolute atomic E-state index is 11.9. The van der Waals surface area contributed by atoms with Crippen molar-refractivity contribution < 1.29 is 9.53 Å². The molecule has 21 heavy (non-hydrogen) atoms. The molecule has 0 saturated heterocycles. The van der Waals surface area contributed by atoms with E-state index in [4.69, 9.17) is 10.5 Å². The third-order valence-corrected chi connectivity index (χ3v) is 5.10. The number of nitrogens with two attached hydrogens (primary N) is 1. The van der Waals surface area contributed by atoms with E-state index in [0.717, 1.165) is 17.9 Å². The lowest BCUT2D eigenvalue weighted by Crippen LogP contribution is -2.27. The second-order valence-corrected chi connectivity index (χ2v) is 6.68. The molecule has 0 bridgehead atoms. The number of anilines is 2. The van der Waals surface area contributed by atoms with E-state index < -0.39 is 0 Å². The highest BCUT2D eigenvalue weighted by Crippen LogP contribution is 2.34. The zero-order valence-corrected chi connectivity index (χ0v) is 13.5. The van der Waals surface area contributed by atoms with Crippen LogP contribution in [0.1, 0.15) is 43.5 Å². The van der Waals surface area contributed by atoms with Crippen molar-refractivity contribution in [2.45, 2.75) is 44.4 Å². The molecule has 2 rings (SSSR count). The Hall–Kier alpha value is -1.36. The summed E-state index contributed by atoms with van der Waals surface area (Å²) in [6.07, 6.45) is 3.64. The van der Waals surface area contributed by atoms with Crippen molar-refractivity contribution in [3.05, 3.63) is 23.8 Å². The Labute approximate surface area is 130 Å². The number of hydrogen-bond donors (Lipinski definition) is 2. The predicted octanol–water partition coefficient (Wildman–Crippen LogP) is 3.53. The van der Waals surface area contributed by atoms with Crippen molar-refractivity contribution in [2.75, 3.05) is 23.4 Å². The number of ether oxygens (including phenoxy) is 1. The number of carbonyl (C=O) groups is 1. The molecule has 0 spiro atoms. The van der Waals surface area contributed by atoms with Gasteiger partial charge in [-0.15, -0.1) is 0 Å². The van der Waals surface area contributed by atoms with Crippen LogP contribution >= 0.6 is 11.8 Å². The number of rotatable bonds is 6. The molecular formula is C16H24N2O2S. The largest absolute Gasteiger partial charge is 0.462 e. The molecule has 1 aliphatic carbocycles. The van der Waals surface area contributed by atoms with Crippen LogP contribution in [0.25, 0.3) is 0 Å². The first-order chi connectivity index (χ1) is 10.2.